The van der Waals surface area contributed by atoms with E-state index in [1.54, 1.807) is 30.4 Å². The second-order valence-corrected chi connectivity index (χ2v) is 10.6. The van der Waals surface area contributed by atoms with Crippen LogP contribution in [-0.4, -0.2) is 53.2 Å². The van der Waals surface area contributed by atoms with E-state index in [-0.39, 0.29) is 16.6 Å². The van der Waals surface area contributed by atoms with Crippen LogP contribution in [0.1, 0.15) is 12.5 Å². The third-order valence-corrected chi connectivity index (χ3v) is 8.13. The second-order valence-electron chi connectivity index (χ2n) is 6.63. The Morgan fingerprint density at radius 1 is 1.27 bits per heavy atom. The lowest BCUT2D eigenvalue weighted by atomic mass is 10.2. The van der Waals surface area contributed by atoms with Gasteiger partial charge in [0.1, 0.15) is 0 Å². The molecule has 0 radical (unpaired) electrons. The van der Waals surface area contributed by atoms with Crippen LogP contribution in [0.5, 0.6) is 0 Å². The first-order valence-corrected chi connectivity index (χ1v) is 12.5. The van der Waals surface area contributed by atoms with Gasteiger partial charge in [0.25, 0.3) is 0 Å². The largest absolute Gasteiger partial charge is 0.325 e. The van der Waals surface area contributed by atoms with Crippen LogP contribution in [0.15, 0.2) is 45.8 Å². The maximum Gasteiger partial charge on any atom is 0.242 e. The van der Waals surface area contributed by atoms with E-state index >= 15 is 0 Å². The van der Waals surface area contributed by atoms with Gasteiger partial charge in [0, 0.05) is 26.3 Å². The molecule has 0 atom stereocenters. The highest BCUT2D eigenvalue weighted by molar-refractivity contribution is 7.99. The molecule has 1 N–H and O–H groups in total. The minimum Gasteiger partial charge on any atom is -0.325 e. The summed E-state index contributed by atoms with van der Waals surface area (Å²) in [6, 6.07) is 8.80. The van der Waals surface area contributed by atoms with Crippen LogP contribution in [-0.2, 0) is 21.4 Å². The van der Waals surface area contributed by atoms with Crippen molar-refractivity contribution in [1.29, 1.82) is 0 Å². The first kappa shape index (κ1) is 22.5. The summed E-state index contributed by atoms with van der Waals surface area (Å²) < 4.78 is 28.0. The highest BCUT2D eigenvalue weighted by atomic mass is 32.2. The maximum atomic E-state index is 12.5. The fourth-order valence-electron chi connectivity index (χ4n) is 2.75. The van der Waals surface area contributed by atoms with E-state index < -0.39 is 10.0 Å². The summed E-state index contributed by atoms with van der Waals surface area (Å²) in [5, 5.41) is 13.9. The van der Waals surface area contributed by atoms with E-state index in [1.165, 1.54) is 31.9 Å². The number of carbonyl (C=O) groups is 1. The summed E-state index contributed by atoms with van der Waals surface area (Å²) in [7, 11) is -0.638. The van der Waals surface area contributed by atoms with Crippen LogP contribution in [0, 0.1) is 6.92 Å². The number of carbonyl (C=O) groups excluding carboxylic acids is 1. The number of amides is 1. The molecule has 30 heavy (non-hydrogen) atoms. The number of nitrogens with one attached hydrogen (secondary N) is 1. The van der Waals surface area contributed by atoms with E-state index in [1.807, 2.05) is 29.0 Å². The SMILES string of the molecule is CCn1c(SCC(=O)Nc2ccc(C)c(S(=O)(=O)N(C)C)c2)nnc1-c1cccs1. The first-order chi connectivity index (χ1) is 14.2. The zero-order valence-electron chi connectivity index (χ0n) is 17.1. The standard InChI is InChI=1S/C19H23N5O3S3/c1-5-24-18(15-7-6-10-28-15)21-22-19(24)29-12-17(25)20-14-9-8-13(2)16(11-14)30(26,27)23(3)4/h6-11H,5,12H2,1-4H3,(H,20,25). The molecular formula is C19H23N5O3S3. The van der Waals surface area contributed by atoms with Crippen LogP contribution in [0.2, 0.25) is 0 Å². The molecule has 1 aromatic carbocycles. The van der Waals surface area contributed by atoms with Crippen LogP contribution >= 0.6 is 23.1 Å². The summed E-state index contributed by atoms with van der Waals surface area (Å²) in [5.74, 6) is 0.666. The summed E-state index contributed by atoms with van der Waals surface area (Å²) >= 11 is 2.88. The Morgan fingerprint density at radius 3 is 2.67 bits per heavy atom. The third kappa shape index (κ3) is 4.75. The van der Waals surface area contributed by atoms with Crippen LogP contribution in [0.25, 0.3) is 10.7 Å². The number of aromatic nitrogens is 3. The average molecular weight is 466 g/mol. The van der Waals surface area contributed by atoms with Gasteiger partial charge < -0.3 is 9.88 Å². The number of benzene rings is 1. The number of hydrogen-bond acceptors (Lipinski definition) is 7. The maximum absolute atomic E-state index is 12.5. The van der Waals surface area contributed by atoms with E-state index in [0.29, 0.717) is 23.0 Å². The molecule has 0 aliphatic heterocycles. The number of thiophene rings is 1. The predicted octanol–water partition coefficient (Wildman–Crippen LogP) is 3.32. The Morgan fingerprint density at radius 2 is 2.03 bits per heavy atom. The van der Waals surface area contributed by atoms with Gasteiger partial charge in [0.05, 0.1) is 15.5 Å². The van der Waals surface area contributed by atoms with Gasteiger partial charge in [0.15, 0.2) is 11.0 Å². The van der Waals surface area contributed by atoms with Crippen molar-refractivity contribution in [1.82, 2.24) is 19.1 Å². The molecule has 0 spiro atoms. The lowest BCUT2D eigenvalue weighted by Gasteiger charge is -2.15. The minimum atomic E-state index is -3.59. The number of nitrogens with zero attached hydrogens (tertiary/aromatic N) is 4. The number of hydrogen-bond donors (Lipinski definition) is 1. The van der Waals surface area contributed by atoms with Crippen molar-refractivity contribution >= 4 is 44.7 Å². The zero-order valence-corrected chi connectivity index (χ0v) is 19.6. The highest BCUT2D eigenvalue weighted by Crippen LogP contribution is 2.27. The van der Waals surface area contributed by atoms with Gasteiger partial charge in [0.2, 0.25) is 15.9 Å². The number of rotatable bonds is 8. The quantitative estimate of drug-likeness (QED) is 0.513. The molecule has 8 nitrogen and oxygen atoms in total. The molecule has 160 valence electrons. The summed E-state index contributed by atoms with van der Waals surface area (Å²) in [6.07, 6.45) is 0. The first-order valence-electron chi connectivity index (χ1n) is 9.17. The molecule has 1 amide bonds. The fourth-order valence-corrected chi connectivity index (χ4v) is 5.41. The molecule has 0 saturated carbocycles. The normalized spacial score (nSPS) is 11.8. The summed E-state index contributed by atoms with van der Waals surface area (Å²) in [5.41, 5.74) is 1.05. The average Bonchev–Trinajstić information content (AvgIpc) is 3.36. The van der Waals surface area contributed by atoms with Gasteiger partial charge in [-0.05, 0) is 43.0 Å². The molecule has 0 bridgehead atoms. The molecule has 11 heteroatoms. The Bertz CT molecular complexity index is 1140. The van der Waals surface area contributed by atoms with Crippen LogP contribution in [0.3, 0.4) is 0 Å². The highest BCUT2D eigenvalue weighted by Gasteiger charge is 2.21. The van der Waals surface area contributed by atoms with Gasteiger partial charge in [-0.1, -0.05) is 23.9 Å². The van der Waals surface area contributed by atoms with Gasteiger partial charge >= 0.3 is 0 Å². The topological polar surface area (TPSA) is 97.2 Å². The predicted molar refractivity (Wildman–Crippen MR) is 120 cm³/mol. The molecule has 3 aromatic rings. The third-order valence-electron chi connectivity index (χ3n) is 4.34. The van der Waals surface area contributed by atoms with Crippen molar-refractivity contribution in [3.63, 3.8) is 0 Å². The molecule has 0 saturated heterocycles. The summed E-state index contributed by atoms with van der Waals surface area (Å²) in [4.78, 5) is 13.6. The minimum absolute atomic E-state index is 0.131. The molecule has 3 rings (SSSR count). The molecule has 0 aliphatic rings. The van der Waals surface area contributed by atoms with Crippen molar-refractivity contribution in [3.05, 3.63) is 41.3 Å². The van der Waals surface area contributed by atoms with Crippen LogP contribution in [0.4, 0.5) is 5.69 Å². The molecule has 0 fully saturated rings. The molecule has 0 aliphatic carbocycles. The number of thioether (sulfide) groups is 1. The van der Waals surface area contributed by atoms with Crippen molar-refractivity contribution in [2.75, 3.05) is 25.2 Å². The van der Waals surface area contributed by atoms with Crippen molar-refractivity contribution in [3.8, 4) is 10.7 Å². The van der Waals surface area contributed by atoms with Gasteiger partial charge in [-0.2, -0.15) is 0 Å². The number of aryl methyl sites for hydroxylation is 1. The molecule has 2 heterocycles. The van der Waals surface area contributed by atoms with Gasteiger partial charge in [-0.3, -0.25) is 4.79 Å². The van der Waals surface area contributed by atoms with E-state index in [4.69, 9.17) is 0 Å². The van der Waals surface area contributed by atoms with Crippen molar-refractivity contribution < 1.29 is 13.2 Å². The molecular weight excluding hydrogens is 442 g/mol. The van der Waals surface area contributed by atoms with Gasteiger partial charge in [-0.15, -0.1) is 21.5 Å². The fraction of sp³-hybridized carbons (Fsp3) is 0.316. The van der Waals surface area contributed by atoms with E-state index in [0.717, 1.165) is 15.0 Å². The number of sulfonamides is 1. The van der Waals surface area contributed by atoms with Crippen molar-refractivity contribution in [2.45, 2.75) is 30.4 Å². The molecule has 0 unspecified atom stereocenters. The van der Waals surface area contributed by atoms with Crippen LogP contribution < -0.4 is 5.32 Å². The smallest absolute Gasteiger partial charge is 0.242 e. The Labute approximate surface area is 184 Å². The Balaban J connectivity index is 1.70. The monoisotopic (exact) mass is 465 g/mol. The van der Waals surface area contributed by atoms with E-state index in [2.05, 4.69) is 15.5 Å². The van der Waals surface area contributed by atoms with Gasteiger partial charge in [-0.25, -0.2) is 12.7 Å². The molecule has 2 aromatic heterocycles. The Hall–Kier alpha value is -2.21. The van der Waals surface area contributed by atoms with E-state index in [9.17, 15) is 13.2 Å². The lowest BCUT2D eigenvalue weighted by Crippen LogP contribution is -2.23. The lowest BCUT2D eigenvalue weighted by molar-refractivity contribution is -0.113. The second kappa shape index (κ2) is 9.29. The Kier molecular flexibility index (Phi) is 6.96. The zero-order chi connectivity index (χ0) is 21.9. The summed E-state index contributed by atoms with van der Waals surface area (Å²) in [6.45, 7) is 4.41. The van der Waals surface area contributed by atoms with Crippen molar-refractivity contribution in [2.24, 2.45) is 0 Å². The number of anilines is 1.